The number of nitrogens with one attached hydrogen (secondary N) is 1. The molecular formula is C23H24N2O3. The molecule has 3 rings (SSSR count). The van der Waals surface area contributed by atoms with Crippen molar-refractivity contribution in [3.8, 4) is 5.75 Å². The Balaban J connectivity index is 1.80. The number of hydrogen-bond acceptors (Lipinski definition) is 5. The zero-order valence-electron chi connectivity index (χ0n) is 16.6. The van der Waals surface area contributed by atoms with Gasteiger partial charge in [0.15, 0.2) is 17.9 Å². The molecule has 28 heavy (non-hydrogen) atoms. The lowest BCUT2D eigenvalue weighted by Gasteiger charge is -2.12. The standard InChI is InChI=1S/C23H24N2O3/c1-6-14(2)22(26)19-11-12-20(17(5)16(19)4)27-13-21-24-23(25-28-21)18-10-8-7-9-15(18)3/h7-13H,2,6H2,1,3-5H3,(H,24,25). The van der Waals surface area contributed by atoms with Crippen LogP contribution in [0.15, 0.2) is 65.7 Å². The third-order valence-electron chi connectivity index (χ3n) is 4.89. The lowest BCUT2D eigenvalue weighted by molar-refractivity contribution is 0.103. The first-order valence-corrected chi connectivity index (χ1v) is 9.19. The predicted molar refractivity (Wildman–Crippen MR) is 110 cm³/mol. The van der Waals surface area contributed by atoms with E-state index in [1.54, 1.807) is 12.1 Å². The number of ether oxygens (including phenoxy) is 1. The van der Waals surface area contributed by atoms with Crippen LogP contribution < -0.4 is 10.2 Å². The first-order valence-electron chi connectivity index (χ1n) is 9.19. The summed E-state index contributed by atoms with van der Waals surface area (Å²) in [4.78, 5) is 22.2. The summed E-state index contributed by atoms with van der Waals surface area (Å²) in [5.41, 5.74) is 7.91. The van der Waals surface area contributed by atoms with Gasteiger partial charge in [0.2, 0.25) is 0 Å². The van der Waals surface area contributed by atoms with Gasteiger partial charge in [-0.3, -0.25) is 4.79 Å². The number of rotatable bonds is 6. The molecule has 2 aromatic rings. The molecule has 0 spiro atoms. The third kappa shape index (κ3) is 3.83. The van der Waals surface area contributed by atoms with E-state index in [4.69, 9.17) is 9.57 Å². The number of ketones is 1. The Morgan fingerprint density at radius 3 is 2.64 bits per heavy atom. The van der Waals surface area contributed by atoms with E-state index < -0.39 is 0 Å². The van der Waals surface area contributed by atoms with Crippen LogP contribution >= 0.6 is 0 Å². The Kier molecular flexibility index (Phi) is 5.64. The van der Waals surface area contributed by atoms with Gasteiger partial charge in [-0.2, -0.15) is 4.99 Å². The number of amidine groups is 1. The van der Waals surface area contributed by atoms with Gasteiger partial charge in [0.25, 0.3) is 5.88 Å². The van der Waals surface area contributed by atoms with Crippen LogP contribution in [0, 0.1) is 20.8 Å². The van der Waals surface area contributed by atoms with Crippen molar-refractivity contribution >= 4 is 11.6 Å². The van der Waals surface area contributed by atoms with Gasteiger partial charge in [0.05, 0.1) is 0 Å². The average molecular weight is 376 g/mol. The van der Waals surface area contributed by atoms with Crippen molar-refractivity contribution in [1.29, 1.82) is 0 Å². The highest BCUT2D eigenvalue weighted by molar-refractivity contribution is 6.09. The minimum atomic E-state index is -0.0243. The minimum Gasteiger partial charge on any atom is -0.459 e. The van der Waals surface area contributed by atoms with E-state index in [2.05, 4.69) is 17.1 Å². The van der Waals surface area contributed by atoms with E-state index in [-0.39, 0.29) is 5.78 Å². The van der Waals surface area contributed by atoms with Crippen molar-refractivity contribution in [2.75, 3.05) is 0 Å². The van der Waals surface area contributed by atoms with Crippen LogP contribution in [0.3, 0.4) is 0 Å². The summed E-state index contributed by atoms with van der Waals surface area (Å²) in [6.07, 6.45) is 2.08. The van der Waals surface area contributed by atoms with Crippen LogP contribution in [-0.2, 0) is 4.84 Å². The molecule has 0 saturated heterocycles. The quantitative estimate of drug-likeness (QED) is 0.442. The lowest BCUT2D eigenvalue weighted by Crippen LogP contribution is -2.18. The summed E-state index contributed by atoms with van der Waals surface area (Å²) in [5, 5.41) is 0. The molecule has 0 radical (unpaired) electrons. The molecule has 0 saturated carbocycles. The molecule has 5 heteroatoms. The van der Waals surface area contributed by atoms with E-state index in [1.165, 1.54) is 6.26 Å². The monoisotopic (exact) mass is 376 g/mol. The van der Waals surface area contributed by atoms with Gasteiger partial charge in [0, 0.05) is 11.1 Å². The van der Waals surface area contributed by atoms with E-state index in [1.807, 2.05) is 52.0 Å². The molecule has 1 aliphatic rings. The minimum absolute atomic E-state index is 0.0243. The van der Waals surface area contributed by atoms with Crippen molar-refractivity contribution in [3.63, 3.8) is 0 Å². The molecule has 1 heterocycles. The zero-order chi connectivity index (χ0) is 20.3. The number of benzene rings is 2. The second-order valence-electron chi connectivity index (χ2n) is 6.70. The molecule has 0 bridgehead atoms. The van der Waals surface area contributed by atoms with E-state index in [0.29, 0.717) is 35.0 Å². The summed E-state index contributed by atoms with van der Waals surface area (Å²) >= 11 is 0. The summed E-state index contributed by atoms with van der Waals surface area (Å²) in [6.45, 7) is 11.6. The summed E-state index contributed by atoms with van der Waals surface area (Å²) < 4.78 is 5.77. The Morgan fingerprint density at radius 1 is 1.18 bits per heavy atom. The number of hydroxylamine groups is 1. The number of hydrogen-bond donors (Lipinski definition) is 1. The largest absolute Gasteiger partial charge is 0.459 e. The number of aryl methyl sites for hydroxylation is 1. The first kappa shape index (κ1) is 19.4. The van der Waals surface area contributed by atoms with E-state index >= 15 is 0 Å². The SMILES string of the molecule is C=C(CC)C(=O)c1ccc(OC=C2N=C(c3ccccc3C)NO2)c(C)c1C. The molecule has 0 aliphatic carbocycles. The maximum atomic E-state index is 12.4. The highest BCUT2D eigenvalue weighted by Gasteiger charge is 2.17. The molecule has 0 amide bonds. The molecule has 1 aliphatic heterocycles. The Hall–Kier alpha value is -3.34. The second-order valence-corrected chi connectivity index (χ2v) is 6.70. The van der Waals surface area contributed by atoms with Gasteiger partial charge in [-0.05, 0) is 61.6 Å². The van der Waals surface area contributed by atoms with Gasteiger partial charge in [-0.25, -0.2) is 5.48 Å². The Morgan fingerprint density at radius 2 is 1.93 bits per heavy atom. The van der Waals surface area contributed by atoms with Crippen LogP contribution in [-0.4, -0.2) is 11.6 Å². The van der Waals surface area contributed by atoms with Gasteiger partial charge >= 0.3 is 0 Å². The lowest BCUT2D eigenvalue weighted by atomic mass is 9.95. The predicted octanol–water partition coefficient (Wildman–Crippen LogP) is 4.92. The third-order valence-corrected chi connectivity index (χ3v) is 4.89. The smallest absolute Gasteiger partial charge is 0.283 e. The highest BCUT2D eigenvalue weighted by atomic mass is 16.7. The average Bonchev–Trinajstić information content (AvgIpc) is 3.17. The number of carbonyl (C=O) groups is 1. The van der Waals surface area contributed by atoms with Crippen molar-refractivity contribution in [2.24, 2.45) is 4.99 Å². The number of allylic oxidation sites excluding steroid dienone is 1. The molecule has 1 N–H and O–H groups in total. The van der Waals surface area contributed by atoms with Crippen LogP contribution in [0.4, 0.5) is 0 Å². The molecule has 0 aromatic heterocycles. The van der Waals surface area contributed by atoms with Crippen LogP contribution in [0.25, 0.3) is 0 Å². The normalized spacial score (nSPS) is 14.3. The van der Waals surface area contributed by atoms with Crippen LogP contribution in [0.1, 0.15) is 46.0 Å². The first-order chi connectivity index (χ1) is 13.4. The van der Waals surface area contributed by atoms with Crippen molar-refractivity contribution in [2.45, 2.75) is 34.1 Å². The fraction of sp³-hybridized carbons (Fsp3) is 0.217. The number of Topliss-reactive ketones (excluding diaryl/α,β-unsaturated/α-hetero) is 1. The molecule has 5 nitrogen and oxygen atoms in total. The van der Waals surface area contributed by atoms with Gasteiger partial charge in [-0.15, -0.1) is 0 Å². The van der Waals surface area contributed by atoms with Gasteiger partial charge in [-0.1, -0.05) is 37.8 Å². The Bertz CT molecular complexity index is 1000. The van der Waals surface area contributed by atoms with Gasteiger partial charge in [0.1, 0.15) is 5.75 Å². The number of carbonyl (C=O) groups excluding carboxylic acids is 1. The van der Waals surface area contributed by atoms with Crippen LogP contribution in [0.5, 0.6) is 5.75 Å². The maximum Gasteiger partial charge on any atom is 0.283 e. The molecule has 144 valence electrons. The van der Waals surface area contributed by atoms with Crippen molar-refractivity contribution < 1.29 is 14.4 Å². The summed E-state index contributed by atoms with van der Waals surface area (Å²) in [5.74, 6) is 1.59. The number of nitrogens with zero attached hydrogens (tertiary/aromatic N) is 1. The molecular weight excluding hydrogens is 352 g/mol. The molecule has 0 unspecified atom stereocenters. The molecule has 2 aromatic carbocycles. The maximum absolute atomic E-state index is 12.4. The number of aliphatic imine (C=N–C) groups is 1. The van der Waals surface area contributed by atoms with E-state index in [9.17, 15) is 4.79 Å². The van der Waals surface area contributed by atoms with Crippen molar-refractivity contribution in [1.82, 2.24) is 5.48 Å². The summed E-state index contributed by atoms with van der Waals surface area (Å²) in [6, 6.07) is 11.5. The van der Waals surface area contributed by atoms with Crippen LogP contribution in [0.2, 0.25) is 0 Å². The topological polar surface area (TPSA) is 59.9 Å². The molecule has 0 atom stereocenters. The fourth-order valence-corrected chi connectivity index (χ4v) is 2.90. The van der Waals surface area contributed by atoms with E-state index in [0.717, 1.165) is 22.3 Å². The van der Waals surface area contributed by atoms with Gasteiger partial charge < -0.3 is 9.57 Å². The zero-order valence-corrected chi connectivity index (χ0v) is 16.6. The Labute approximate surface area is 165 Å². The second kappa shape index (κ2) is 8.13. The summed E-state index contributed by atoms with van der Waals surface area (Å²) in [7, 11) is 0. The highest BCUT2D eigenvalue weighted by Crippen LogP contribution is 2.27. The fourth-order valence-electron chi connectivity index (χ4n) is 2.90. The molecule has 0 fully saturated rings. The van der Waals surface area contributed by atoms with Crippen molar-refractivity contribution in [3.05, 3.63) is 88.5 Å².